The van der Waals surface area contributed by atoms with Crippen LogP contribution in [-0.2, 0) is 9.59 Å². The lowest BCUT2D eigenvalue weighted by Gasteiger charge is -2.09. The van der Waals surface area contributed by atoms with Gasteiger partial charge in [0.05, 0.1) is 0 Å². The molecule has 1 aromatic rings. The Morgan fingerprint density at radius 1 is 1.56 bits per heavy atom. The molecule has 1 saturated heterocycles. The van der Waals surface area contributed by atoms with Crippen LogP contribution < -0.4 is 10.6 Å². The number of hydrogen-bond acceptors (Lipinski definition) is 3. The highest BCUT2D eigenvalue weighted by Crippen LogP contribution is 2.12. The van der Waals surface area contributed by atoms with E-state index in [0.717, 1.165) is 0 Å². The summed E-state index contributed by atoms with van der Waals surface area (Å²) in [6, 6.07) is 4.49. The van der Waals surface area contributed by atoms with E-state index in [4.69, 9.17) is 11.6 Å². The van der Waals surface area contributed by atoms with E-state index in [2.05, 4.69) is 15.6 Å². The summed E-state index contributed by atoms with van der Waals surface area (Å²) >= 11 is 5.68. The number of anilines is 1. The summed E-state index contributed by atoms with van der Waals surface area (Å²) in [5.41, 5.74) is 0. The van der Waals surface area contributed by atoms with Crippen molar-refractivity contribution < 1.29 is 9.59 Å². The zero-order chi connectivity index (χ0) is 11.5. The van der Waals surface area contributed by atoms with E-state index in [0.29, 0.717) is 23.8 Å². The van der Waals surface area contributed by atoms with Crippen molar-refractivity contribution in [1.82, 2.24) is 10.3 Å². The van der Waals surface area contributed by atoms with Gasteiger partial charge in [0.1, 0.15) is 17.0 Å². The summed E-state index contributed by atoms with van der Waals surface area (Å²) in [6.07, 6.45) is 0.909. The highest BCUT2D eigenvalue weighted by molar-refractivity contribution is 6.29. The van der Waals surface area contributed by atoms with Crippen molar-refractivity contribution in [3.63, 3.8) is 0 Å². The van der Waals surface area contributed by atoms with Gasteiger partial charge in [-0.3, -0.25) is 9.59 Å². The van der Waals surface area contributed by atoms with Crippen LogP contribution in [0, 0.1) is 0 Å². The average molecular weight is 240 g/mol. The van der Waals surface area contributed by atoms with Gasteiger partial charge in [0.25, 0.3) is 0 Å². The molecule has 2 rings (SSSR count). The Bertz CT molecular complexity index is 436. The highest BCUT2D eigenvalue weighted by atomic mass is 35.5. The molecule has 1 atom stereocenters. The monoisotopic (exact) mass is 239 g/mol. The summed E-state index contributed by atoms with van der Waals surface area (Å²) in [4.78, 5) is 26.5. The largest absolute Gasteiger partial charge is 0.344 e. The number of carbonyl (C=O) groups is 2. The van der Waals surface area contributed by atoms with Crippen LogP contribution in [0.1, 0.15) is 12.8 Å². The number of rotatable bonds is 2. The lowest BCUT2D eigenvalue weighted by atomic mass is 10.2. The van der Waals surface area contributed by atoms with Crippen molar-refractivity contribution in [2.75, 3.05) is 5.32 Å². The second-order valence-electron chi connectivity index (χ2n) is 3.49. The van der Waals surface area contributed by atoms with E-state index in [1.807, 2.05) is 0 Å². The molecule has 2 heterocycles. The fraction of sp³-hybridized carbons (Fsp3) is 0.300. The molecule has 6 heteroatoms. The number of pyridine rings is 1. The lowest BCUT2D eigenvalue weighted by molar-refractivity contribution is -0.122. The Kier molecular flexibility index (Phi) is 3.05. The molecule has 2 N–H and O–H groups in total. The van der Waals surface area contributed by atoms with E-state index in [1.165, 1.54) is 0 Å². The predicted molar refractivity (Wildman–Crippen MR) is 59.0 cm³/mol. The molecular weight excluding hydrogens is 230 g/mol. The van der Waals surface area contributed by atoms with Crippen molar-refractivity contribution in [2.24, 2.45) is 0 Å². The van der Waals surface area contributed by atoms with Crippen LogP contribution in [0.4, 0.5) is 5.82 Å². The van der Waals surface area contributed by atoms with Gasteiger partial charge < -0.3 is 10.6 Å². The van der Waals surface area contributed by atoms with E-state index in [-0.39, 0.29) is 11.8 Å². The first kappa shape index (κ1) is 10.9. The second-order valence-corrected chi connectivity index (χ2v) is 3.88. The first-order valence-corrected chi connectivity index (χ1v) is 5.26. The van der Waals surface area contributed by atoms with Gasteiger partial charge in [0.15, 0.2) is 0 Å². The molecule has 5 nitrogen and oxygen atoms in total. The van der Waals surface area contributed by atoms with Gasteiger partial charge in [0.2, 0.25) is 11.8 Å². The molecule has 0 spiro atoms. The Morgan fingerprint density at radius 3 is 3.00 bits per heavy atom. The van der Waals surface area contributed by atoms with Gasteiger partial charge in [-0.05, 0) is 18.6 Å². The Hall–Kier alpha value is -1.62. The number of nitrogens with one attached hydrogen (secondary N) is 2. The van der Waals surface area contributed by atoms with Gasteiger partial charge in [-0.25, -0.2) is 4.98 Å². The number of halogens is 1. The first-order valence-electron chi connectivity index (χ1n) is 4.88. The molecule has 1 aromatic heterocycles. The van der Waals surface area contributed by atoms with E-state index in [1.54, 1.807) is 18.2 Å². The highest BCUT2D eigenvalue weighted by Gasteiger charge is 2.27. The third-order valence-corrected chi connectivity index (χ3v) is 2.49. The number of aromatic nitrogens is 1. The molecule has 0 saturated carbocycles. The van der Waals surface area contributed by atoms with Crippen LogP contribution in [0.3, 0.4) is 0 Å². The van der Waals surface area contributed by atoms with Crippen molar-refractivity contribution in [3.8, 4) is 0 Å². The summed E-state index contributed by atoms with van der Waals surface area (Å²) in [5.74, 6) is 0.0264. The minimum absolute atomic E-state index is 0.0980. The summed E-state index contributed by atoms with van der Waals surface area (Å²) in [6.45, 7) is 0. The fourth-order valence-corrected chi connectivity index (χ4v) is 1.67. The molecule has 0 aliphatic carbocycles. The van der Waals surface area contributed by atoms with E-state index < -0.39 is 6.04 Å². The molecule has 1 fully saturated rings. The SMILES string of the molecule is O=C1CCC(C(=O)Nc2cccc(Cl)n2)N1. The van der Waals surface area contributed by atoms with Crippen molar-refractivity contribution in [2.45, 2.75) is 18.9 Å². The Morgan fingerprint density at radius 2 is 2.38 bits per heavy atom. The minimum atomic E-state index is -0.465. The molecule has 1 aliphatic rings. The number of nitrogens with zero attached hydrogens (tertiary/aromatic N) is 1. The lowest BCUT2D eigenvalue weighted by Crippen LogP contribution is -2.37. The quantitative estimate of drug-likeness (QED) is 0.755. The minimum Gasteiger partial charge on any atom is -0.344 e. The molecule has 1 unspecified atom stereocenters. The van der Waals surface area contributed by atoms with Gasteiger partial charge in [-0.1, -0.05) is 17.7 Å². The van der Waals surface area contributed by atoms with Crippen LogP contribution in [0.2, 0.25) is 5.15 Å². The maximum absolute atomic E-state index is 11.7. The number of carbonyl (C=O) groups excluding carboxylic acids is 2. The molecule has 84 valence electrons. The van der Waals surface area contributed by atoms with Crippen molar-refractivity contribution in [1.29, 1.82) is 0 Å². The van der Waals surface area contributed by atoms with Crippen LogP contribution in [0.25, 0.3) is 0 Å². The molecule has 0 aromatic carbocycles. The average Bonchev–Trinajstić information content (AvgIpc) is 2.65. The van der Waals surface area contributed by atoms with Crippen molar-refractivity contribution >= 4 is 29.2 Å². The molecule has 1 aliphatic heterocycles. The van der Waals surface area contributed by atoms with Crippen molar-refractivity contribution in [3.05, 3.63) is 23.4 Å². The van der Waals surface area contributed by atoms with E-state index >= 15 is 0 Å². The van der Waals surface area contributed by atoms with Crippen LogP contribution in [-0.4, -0.2) is 22.8 Å². The summed E-state index contributed by atoms with van der Waals surface area (Å²) in [7, 11) is 0. The zero-order valence-electron chi connectivity index (χ0n) is 8.37. The van der Waals surface area contributed by atoms with Gasteiger partial charge in [-0.15, -0.1) is 0 Å². The predicted octanol–water partition coefficient (Wildman–Crippen LogP) is 0.952. The number of amides is 2. The smallest absolute Gasteiger partial charge is 0.248 e. The number of hydrogen-bond donors (Lipinski definition) is 2. The Labute approximate surface area is 97.2 Å². The summed E-state index contributed by atoms with van der Waals surface area (Å²) in [5, 5.41) is 5.49. The maximum atomic E-state index is 11.7. The standard InChI is InChI=1S/C10H10ClN3O2/c11-7-2-1-3-8(13-7)14-10(16)6-4-5-9(15)12-6/h1-3,6H,4-5H2,(H,12,15)(H,13,14,16). The molecule has 0 bridgehead atoms. The van der Waals surface area contributed by atoms with E-state index in [9.17, 15) is 9.59 Å². The first-order chi connectivity index (χ1) is 7.65. The maximum Gasteiger partial charge on any atom is 0.248 e. The Balaban J connectivity index is 1.99. The molecule has 0 radical (unpaired) electrons. The zero-order valence-corrected chi connectivity index (χ0v) is 9.12. The normalized spacial score (nSPS) is 19.3. The summed E-state index contributed by atoms with van der Waals surface area (Å²) < 4.78 is 0. The third-order valence-electron chi connectivity index (χ3n) is 2.28. The van der Waals surface area contributed by atoms with Crippen LogP contribution in [0.5, 0.6) is 0 Å². The second kappa shape index (κ2) is 4.49. The topological polar surface area (TPSA) is 71.1 Å². The fourth-order valence-electron chi connectivity index (χ4n) is 1.50. The third kappa shape index (κ3) is 2.49. The van der Waals surface area contributed by atoms with Gasteiger partial charge >= 0.3 is 0 Å². The van der Waals surface area contributed by atoms with Crippen LogP contribution >= 0.6 is 11.6 Å². The van der Waals surface area contributed by atoms with Crippen LogP contribution in [0.15, 0.2) is 18.2 Å². The van der Waals surface area contributed by atoms with Gasteiger partial charge in [0, 0.05) is 6.42 Å². The van der Waals surface area contributed by atoms with Gasteiger partial charge in [-0.2, -0.15) is 0 Å². The molecule has 2 amide bonds. The molecule has 16 heavy (non-hydrogen) atoms. The molecular formula is C10H10ClN3O2.